The average Bonchev–Trinajstić information content (AvgIpc) is 3.50. The standard InChI is InChI=1S/C25H25ClN6O/c1-15(2)17-6-7-24-30-19(13-32(24)12-17)11-27-22-10-23(29-14-28-22)31-25(33)21-9-20(21)16-4-3-5-18(26)8-16/h3-8,10,12-15,20-21H,9,11H2,1-2H3,(H2,27,28,29,31,33)/t20?,21-/m0/s1. The topological polar surface area (TPSA) is 84.2 Å². The van der Waals surface area contributed by atoms with Crippen LogP contribution in [-0.4, -0.2) is 25.3 Å². The Hall–Kier alpha value is -3.45. The highest BCUT2D eigenvalue weighted by Gasteiger charge is 2.44. The lowest BCUT2D eigenvalue weighted by molar-refractivity contribution is -0.117. The summed E-state index contributed by atoms with van der Waals surface area (Å²) in [6.45, 7) is 4.86. The third-order valence-corrected chi connectivity index (χ3v) is 6.20. The predicted octanol–water partition coefficient (Wildman–Crippen LogP) is 5.26. The molecule has 1 saturated carbocycles. The molecule has 1 unspecified atom stereocenters. The van der Waals surface area contributed by atoms with Crippen LogP contribution in [0.4, 0.5) is 11.6 Å². The number of hydrogen-bond acceptors (Lipinski definition) is 5. The van der Waals surface area contributed by atoms with Gasteiger partial charge in [-0.15, -0.1) is 0 Å². The molecule has 0 spiro atoms. The fraction of sp³-hybridized carbons (Fsp3) is 0.280. The summed E-state index contributed by atoms with van der Waals surface area (Å²) in [5.74, 6) is 1.67. The second-order valence-corrected chi connectivity index (χ2v) is 9.19. The minimum absolute atomic E-state index is 0.0362. The number of halogens is 1. The Morgan fingerprint density at radius 1 is 1.15 bits per heavy atom. The van der Waals surface area contributed by atoms with Gasteiger partial charge < -0.3 is 15.0 Å². The van der Waals surface area contributed by atoms with E-state index in [0.717, 1.165) is 23.3 Å². The summed E-state index contributed by atoms with van der Waals surface area (Å²) in [5, 5.41) is 6.87. The van der Waals surface area contributed by atoms with Crippen LogP contribution in [0.2, 0.25) is 5.02 Å². The molecule has 33 heavy (non-hydrogen) atoms. The molecule has 2 N–H and O–H groups in total. The fourth-order valence-corrected chi connectivity index (χ4v) is 4.20. The van der Waals surface area contributed by atoms with Gasteiger partial charge in [0.15, 0.2) is 0 Å². The Kier molecular flexibility index (Phi) is 5.72. The number of imidazole rings is 1. The van der Waals surface area contributed by atoms with Gasteiger partial charge in [-0.1, -0.05) is 43.6 Å². The summed E-state index contributed by atoms with van der Waals surface area (Å²) in [7, 11) is 0. The number of fused-ring (bicyclic) bond motifs is 1. The van der Waals surface area contributed by atoms with Crippen molar-refractivity contribution in [1.82, 2.24) is 19.4 Å². The third-order valence-electron chi connectivity index (χ3n) is 5.96. The zero-order valence-corrected chi connectivity index (χ0v) is 19.3. The van der Waals surface area contributed by atoms with E-state index in [9.17, 15) is 4.79 Å². The van der Waals surface area contributed by atoms with Gasteiger partial charge in [0.2, 0.25) is 5.91 Å². The van der Waals surface area contributed by atoms with Crippen molar-refractivity contribution in [1.29, 1.82) is 0 Å². The summed E-state index contributed by atoms with van der Waals surface area (Å²) in [5.41, 5.74) is 4.18. The number of carbonyl (C=O) groups excluding carboxylic acids is 1. The van der Waals surface area contributed by atoms with Crippen molar-refractivity contribution in [2.45, 2.75) is 38.6 Å². The van der Waals surface area contributed by atoms with Gasteiger partial charge >= 0.3 is 0 Å². The molecule has 0 aliphatic heterocycles. The lowest BCUT2D eigenvalue weighted by Crippen LogP contribution is -2.16. The van der Waals surface area contributed by atoms with E-state index < -0.39 is 0 Å². The molecule has 0 radical (unpaired) electrons. The molecule has 3 aromatic heterocycles. The molecule has 7 nitrogen and oxygen atoms in total. The lowest BCUT2D eigenvalue weighted by atomic mass is 10.1. The zero-order valence-electron chi connectivity index (χ0n) is 18.5. The molecule has 8 heteroatoms. The van der Waals surface area contributed by atoms with Crippen molar-refractivity contribution in [2.75, 3.05) is 10.6 Å². The molecule has 3 heterocycles. The maximum Gasteiger partial charge on any atom is 0.229 e. The van der Waals surface area contributed by atoms with Crippen LogP contribution in [0.1, 0.15) is 48.9 Å². The first-order valence-electron chi connectivity index (χ1n) is 11.1. The normalized spacial score (nSPS) is 17.3. The number of nitrogens with zero attached hydrogens (tertiary/aromatic N) is 4. The molecular formula is C25H25ClN6O. The van der Waals surface area contributed by atoms with Crippen molar-refractivity contribution >= 4 is 34.8 Å². The SMILES string of the molecule is CC(C)c1ccc2nc(CNc3cc(NC(=O)[C@H]4CC4c4cccc(Cl)c4)ncn3)cn2c1. The Morgan fingerprint density at radius 2 is 2.00 bits per heavy atom. The Labute approximate surface area is 197 Å². The van der Waals surface area contributed by atoms with E-state index in [4.69, 9.17) is 11.6 Å². The highest BCUT2D eigenvalue weighted by molar-refractivity contribution is 6.30. The highest BCUT2D eigenvalue weighted by atomic mass is 35.5. The van der Waals surface area contributed by atoms with Crippen LogP contribution in [-0.2, 0) is 11.3 Å². The van der Waals surface area contributed by atoms with E-state index in [2.05, 4.69) is 51.7 Å². The first kappa shape index (κ1) is 21.4. The Balaban J connectivity index is 1.20. The first-order valence-corrected chi connectivity index (χ1v) is 11.4. The van der Waals surface area contributed by atoms with Crippen LogP contribution < -0.4 is 10.6 Å². The maximum absolute atomic E-state index is 12.7. The fourth-order valence-electron chi connectivity index (χ4n) is 4.00. The Morgan fingerprint density at radius 3 is 2.82 bits per heavy atom. The number of pyridine rings is 1. The largest absolute Gasteiger partial charge is 0.364 e. The molecule has 0 bridgehead atoms. The van der Waals surface area contributed by atoms with Gasteiger partial charge in [-0.05, 0) is 47.6 Å². The summed E-state index contributed by atoms with van der Waals surface area (Å²) in [4.78, 5) is 25.8. The molecule has 2 atom stereocenters. The summed E-state index contributed by atoms with van der Waals surface area (Å²) in [6, 6.07) is 13.6. The van der Waals surface area contributed by atoms with Crippen LogP contribution in [0.15, 0.2) is 61.2 Å². The molecule has 0 saturated heterocycles. The van der Waals surface area contributed by atoms with Crippen molar-refractivity contribution in [3.63, 3.8) is 0 Å². The zero-order chi connectivity index (χ0) is 22.9. The van der Waals surface area contributed by atoms with Crippen LogP contribution in [0.25, 0.3) is 5.65 Å². The molecule has 1 aliphatic carbocycles. The van der Waals surface area contributed by atoms with Gasteiger partial charge in [0, 0.05) is 29.4 Å². The Bertz CT molecular complexity index is 1320. The number of carbonyl (C=O) groups is 1. The first-order chi connectivity index (χ1) is 16.0. The van der Waals surface area contributed by atoms with Gasteiger partial charge in [-0.2, -0.15) is 0 Å². The number of amides is 1. The summed E-state index contributed by atoms with van der Waals surface area (Å²) in [6.07, 6.45) is 6.39. The van der Waals surface area contributed by atoms with E-state index in [0.29, 0.717) is 29.1 Å². The van der Waals surface area contributed by atoms with Crippen LogP contribution in [0.5, 0.6) is 0 Å². The van der Waals surface area contributed by atoms with Gasteiger partial charge in [0.25, 0.3) is 0 Å². The van der Waals surface area contributed by atoms with E-state index in [-0.39, 0.29) is 17.7 Å². The molecular weight excluding hydrogens is 436 g/mol. The molecule has 5 rings (SSSR count). The average molecular weight is 461 g/mol. The van der Waals surface area contributed by atoms with Crippen LogP contribution in [0, 0.1) is 5.92 Å². The van der Waals surface area contributed by atoms with E-state index in [1.54, 1.807) is 6.07 Å². The van der Waals surface area contributed by atoms with Gasteiger partial charge in [0.1, 0.15) is 23.6 Å². The lowest BCUT2D eigenvalue weighted by Gasteiger charge is -2.07. The quantitative estimate of drug-likeness (QED) is 0.393. The second-order valence-electron chi connectivity index (χ2n) is 8.75. The summed E-state index contributed by atoms with van der Waals surface area (Å²) < 4.78 is 2.05. The predicted molar refractivity (Wildman–Crippen MR) is 130 cm³/mol. The number of hydrogen-bond donors (Lipinski definition) is 2. The van der Waals surface area contributed by atoms with Gasteiger partial charge in [0.05, 0.1) is 12.2 Å². The molecule has 1 aromatic carbocycles. The van der Waals surface area contributed by atoms with Gasteiger partial charge in [-0.3, -0.25) is 4.79 Å². The molecule has 1 aliphatic rings. The van der Waals surface area contributed by atoms with Crippen LogP contribution in [0.3, 0.4) is 0 Å². The second kappa shape index (κ2) is 8.83. The van der Waals surface area contributed by atoms with E-state index in [1.165, 1.54) is 11.9 Å². The number of anilines is 2. The monoisotopic (exact) mass is 460 g/mol. The van der Waals surface area contributed by atoms with Crippen molar-refractivity contribution < 1.29 is 4.79 Å². The molecule has 168 valence electrons. The number of benzene rings is 1. The summed E-state index contributed by atoms with van der Waals surface area (Å²) >= 11 is 6.08. The molecule has 4 aromatic rings. The molecule has 1 fully saturated rings. The number of aromatic nitrogens is 4. The minimum atomic E-state index is -0.0662. The van der Waals surface area contributed by atoms with Gasteiger partial charge in [-0.25, -0.2) is 15.0 Å². The van der Waals surface area contributed by atoms with E-state index >= 15 is 0 Å². The van der Waals surface area contributed by atoms with Crippen molar-refractivity contribution in [3.05, 3.63) is 83.0 Å². The maximum atomic E-state index is 12.7. The minimum Gasteiger partial charge on any atom is -0.364 e. The highest BCUT2D eigenvalue weighted by Crippen LogP contribution is 2.48. The third kappa shape index (κ3) is 4.83. The number of nitrogens with one attached hydrogen (secondary N) is 2. The van der Waals surface area contributed by atoms with Crippen molar-refractivity contribution in [3.8, 4) is 0 Å². The van der Waals surface area contributed by atoms with E-state index in [1.807, 2.05) is 40.9 Å². The number of rotatable bonds is 7. The van der Waals surface area contributed by atoms with Crippen LogP contribution >= 0.6 is 11.6 Å². The smallest absolute Gasteiger partial charge is 0.229 e. The van der Waals surface area contributed by atoms with Crippen molar-refractivity contribution in [2.24, 2.45) is 5.92 Å². The molecule has 1 amide bonds.